The van der Waals surface area contributed by atoms with Crippen LogP contribution in [0.15, 0.2) is 66.9 Å². The Hall–Kier alpha value is -3.67. The van der Waals surface area contributed by atoms with Crippen molar-refractivity contribution in [2.45, 2.75) is 19.8 Å². The lowest BCUT2D eigenvalue weighted by atomic mass is 10.0. The third-order valence-corrected chi connectivity index (χ3v) is 5.21. The first kappa shape index (κ1) is 19.6. The largest absolute Gasteiger partial charge is 0.352 e. The monoisotopic (exact) mass is 400 g/mol. The highest BCUT2D eigenvalue weighted by Gasteiger charge is 2.28. The fourth-order valence-corrected chi connectivity index (χ4v) is 3.63. The van der Waals surface area contributed by atoms with E-state index in [0.717, 1.165) is 28.2 Å². The second-order valence-corrected chi connectivity index (χ2v) is 7.33. The Labute approximate surface area is 175 Å². The average Bonchev–Trinajstić information content (AvgIpc) is 3.20. The minimum Gasteiger partial charge on any atom is -0.352 e. The summed E-state index contributed by atoms with van der Waals surface area (Å²) in [6.45, 7) is 3.06. The van der Waals surface area contributed by atoms with Crippen LogP contribution >= 0.6 is 0 Å². The van der Waals surface area contributed by atoms with Gasteiger partial charge in [-0.1, -0.05) is 29.8 Å². The highest BCUT2D eigenvalue weighted by Crippen LogP contribution is 2.31. The molecule has 6 nitrogen and oxygen atoms in total. The first-order chi connectivity index (χ1) is 14.6. The normalized spacial score (nSPS) is 12.4. The number of urea groups is 1. The van der Waals surface area contributed by atoms with Crippen LogP contribution in [0.3, 0.4) is 0 Å². The molecule has 152 valence electrons. The van der Waals surface area contributed by atoms with Crippen molar-refractivity contribution in [2.75, 3.05) is 23.3 Å². The number of hydrogen-bond acceptors (Lipinski definition) is 3. The van der Waals surface area contributed by atoms with Gasteiger partial charge in [0.2, 0.25) is 0 Å². The fraction of sp³-hybridized carbons (Fsp3) is 0.208. The van der Waals surface area contributed by atoms with E-state index in [1.165, 1.54) is 0 Å². The van der Waals surface area contributed by atoms with E-state index in [2.05, 4.69) is 15.6 Å². The van der Waals surface area contributed by atoms with Gasteiger partial charge in [0.05, 0.1) is 0 Å². The molecule has 1 aliphatic heterocycles. The van der Waals surface area contributed by atoms with Crippen molar-refractivity contribution in [2.24, 2.45) is 0 Å². The number of aromatic nitrogens is 1. The molecule has 0 bridgehead atoms. The second kappa shape index (κ2) is 8.78. The first-order valence-electron chi connectivity index (χ1n) is 10.1. The number of anilines is 2. The molecule has 0 radical (unpaired) electrons. The van der Waals surface area contributed by atoms with E-state index in [1.807, 2.05) is 67.6 Å². The van der Waals surface area contributed by atoms with Crippen LogP contribution in [0.25, 0.3) is 0 Å². The van der Waals surface area contributed by atoms with E-state index in [4.69, 9.17) is 0 Å². The zero-order valence-corrected chi connectivity index (χ0v) is 16.9. The number of amides is 3. The lowest BCUT2D eigenvalue weighted by molar-refractivity contribution is 0.0953. The second-order valence-electron chi connectivity index (χ2n) is 7.33. The highest BCUT2D eigenvalue weighted by molar-refractivity contribution is 6.05. The summed E-state index contributed by atoms with van der Waals surface area (Å²) in [5.41, 5.74) is 5.15. The summed E-state index contributed by atoms with van der Waals surface area (Å²) in [7, 11) is 0. The van der Waals surface area contributed by atoms with E-state index >= 15 is 0 Å². The molecular weight excluding hydrogens is 376 g/mol. The third-order valence-electron chi connectivity index (χ3n) is 5.21. The van der Waals surface area contributed by atoms with Crippen molar-refractivity contribution in [3.05, 3.63) is 89.2 Å². The number of carbonyl (C=O) groups is 2. The summed E-state index contributed by atoms with van der Waals surface area (Å²) >= 11 is 0. The zero-order chi connectivity index (χ0) is 20.9. The number of aryl methyl sites for hydroxylation is 1. The molecule has 30 heavy (non-hydrogen) atoms. The number of rotatable bonds is 5. The predicted octanol–water partition coefficient (Wildman–Crippen LogP) is 3.96. The maximum atomic E-state index is 12.8. The molecule has 4 rings (SSSR count). The van der Waals surface area contributed by atoms with Crippen molar-refractivity contribution in [1.82, 2.24) is 10.3 Å². The van der Waals surface area contributed by atoms with Crippen molar-refractivity contribution >= 4 is 23.3 Å². The van der Waals surface area contributed by atoms with E-state index in [-0.39, 0.29) is 11.9 Å². The van der Waals surface area contributed by atoms with Crippen molar-refractivity contribution in [3.8, 4) is 0 Å². The van der Waals surface area contributed by atoms with E-state index < -0.39 is 0 Å². The first-order valence-corrected chi connectivity index (χ1v) is 10.1. The van der Waals surface area contributed by atoms with Crippen LogP contribution in [-0.2, 0) is 12.8 Å². The van der Waals surface area contributed by atoms with Gasteiger partial charge in [0.25, 0.3) is 5.91 Å². The van der Waals surface area contributed by atoms with Crippen molar-refractivity contribution in [3.63, 3.8) is 0 Å². The molecule has 1 aliphatic rings. The minimum absolute atomic E-state index is 0.122. The van der Waals surface area contributed by atoms with Crippen LogP contribution in [0.2, 0.25) is 0 Å². The molecule has 0 unspecified atom stereocenters. The molecule has 2 N–H and O–H groups in total. The van der Waals surface area contributed by atoms with Crippen LogP contribution in [0.4, 0.5) is 16.2 Å². The van der Waals surface area contributed by atoms with Gasteiger partial charge in [-0.05, 0) is 55.3 Å². The van der Waals surface area contributed by atoms with Gasteiger partial charge in [0.15, 0.2) is 0 Å². The highest BCUT2D eigenvalue weighted by atomic mass is 16.2. The van der Waals surface area contributed by atoms with Gasteiger partial charge in [0, 0.05) is 48.3 Å². The third kappa shape index (κ3) is 4.33. The summed E-state index contributed by atoms with van der Waals surface area (Å²) in [4.78, 5) is 31.5. The summed E-state index contributed by atoms with van der Waals surface area (Å²) in [6.07, 6.45) is 3.07. The van der Waals surface area contributed by atoms with Gasteiger partial charge in [-0.15, -0.1) is 0 Å². The summed E-state index contributed by atoms with van der Waals surface area (Å²) in [5.74, 6) is -0.122. The van der Waals surface area contributed by atoms with Gasteiger partial charge in [0.1, 0.15) is 0 Å². The molecule has 0 spiro atoms. The Balaban J connectivity index is 1.42. The molecular formula is C24H24N4O2. The molecule has 2 aromatic carbocycles. The van der Waals surface area contributed by atoms with Gasteiger partial charge < -0.3 is 10.6 Å². The quantitative estimate of drug-likeness (QED) is 0.681. The Kier molecular flexibility index (Phi) is 5.75. The standard InChI is InChI=1S/C24H24N4O2/c1-17-8-10-19(11-9-17)27-24(30)28-16-13-20-21(6-4-7-22(20)28)23(29)26-15-12-18-5-2-3-14-25-18/h2-11,14H,12-13,15-16H2,1H3,(H,26,29)(H,27,30). The van der Waals surface area contributed by atoms with Crippen molar-refractivity contribution < 1.29 is 9.59 Å². The molecule has 0 fully saturated rings. The SMILES string of the molecule is Cc1ccc(NC(=O)N2CCc3c(C(=O)NCCc4ccccn4)cccc32)cc1. The molecule has 2 heterocycles. The maximum absolute atomic E-state index is 12.8. The molecule has 0 saturated carbocycles. The number of benzene rings is 2. The molecule has 0 atom stereocenters. The molecule has 3 amide bonds. The Bertz CT molecular complexity index is 1050. The van der Waals surface area contributed by atoms with Gasteiger partial charge in [-0.25, -0.2) is 4.79 Å². The smallest absolute Gasteiger partial charge is 0.326 e. The van der Waals surface area contributed by atoms with Crippen LogP contribution in [0, 0.1) is 6.92 Å². The number of fused-ring (bicyclic) bond motifs is 1. The topological polar surface area (TPSA) is 74.3 Å². The van der Waals surface area contributed by atoms with Crippen LogP contribution in [-0.4, -0.2) is 30.0 Å². The van der Waals surface area contributed by atoms with E-state index in [9.17, 15) is 9.59 Å². The number of carbonyl (C=O) groups excluding carboxylic acids is 2. The van der Waals surface area contributed by atoms with Crippen LogP contribution < -0.4 is 15.5 Å². The van der Waals surface area contributed by atoms with E-state index in [0.29, 0.717) is 31.5 Å². The molecule has 0 aliphatic carbocycles. The number of hydrogen-bond donors (Lipinski definition) is 2. The molecule has 6 heteroatoms. The lowest BCUT2D eigenvalue weighted by Crippen LogP contribution is -2.33. The number of pyridine rings is 1. The average molecular weight is 400 g/mol. The summed E-state index contributed by atoms with van der Waals surface area (Å²) in [5, 5.41) is 5.90. The van der Waals surface area contributed by atoms with E-state index in [1.54, 1.807) is 11.1 Å². The van der Waals surface area contributed by atoms with Crippen LogP contribution in [0.5, 0.6) is 0 Å². The predicted molar refractivity (Wildman–Crippen MR) is 118 cm³/mol. The van der Waals surface area contributed by atoms with Crippen molar-refractivity contribution in [1.29, 1.82) is 0 Å². The molecule has 3 aromatic rings. The lowest BCUT2D eigenvalue weighted by Gasteiger charge is -2.18. The minimum atomic E-state index is -0.190. The zero-order valence-electron chi connectivity index (χ0n) is 16.9. The Morgan fingerprint density at radius 2 is 1.87 bits per heavy atom. The summed E-state index contributed by atoms with van der Waals surface area (Å²) in [6, 6.07) is 18.8. The number of nitrogens with one attached hydrogen (secondary N) is 2. The van der Waals surface area contributed by atoms with Gasteiger partial charge in [-0.2, -0.15) is 0 Å². The summed E-state index contributed by atoms with van der Waals surface area (Å²) < 4.78 is 0. The molecule has 0 saturated heterocycles. The fourth-order valence-electron chi connectivity index (χ4n) is 3.63. The number of nitrogens with zero attached hydrogens (tertiary/aromatic N) is 2. The molecule has 1 aromatic heterocycles. The van der Waals surface area contributed by atoms with Gasteiger partial charge >= 0.3 is 6.03 Å². The Morgan fingerprint density at radius 1 is 1.03 bits per heavy atom. The van der Waals surface area contributed by atoms with Gasteiger partial charge in [-0.3, -0.25) is 14.7 Å². The maximum Gasteiger partial charge on any atom is 0.326 e. The van der Waals surface area contributed by atoms with Crippen LogP contribution in [0.1, 0.15) is 27.2 Å². The Morgan fingerprint density at radius 3 is 2.63 bits per heavy atom.